The first-order valence-corrected chi connectivity index (χ1v) is 7.60. The highest BCUT2D eigenvalue weighted by Crippen LogP contribution is 2.22. The number of benzene rings is 1. The lowest BCUT2D eigenvalue weighted by Gasteiger charge is -2.41. The van der Waals surface area contributed by atoms with E-state index in [2.05, 4.69) is 4.74 Å². The highest BCUT2D eigenvalue weighted by atomic mass is 16.6. The molecule has 8 nitrogen and oxygen atoms in total. The first-order valence-electron chi connectivity index (χ1n) is 7.60. The number of carbonyl (C=O) groups excluding carboxylic acids is 3. The number of carbonyl (C=O) groups is 3. The van der Waals surface area contributed by atoms with Crippen molar-refractivity contribution in [3.8, 4) is 5.75 Å². The van der Waals surface area contributed by atoms with Crippen LogP contribution in [0.3, 0.4) is 0 Å². The Labute approximate surface area is 138 Å². The summed E-state index contributed by atoms with van der Waals surface area (Å²) in [7, 11) is 1.60. The van der Waals surface area contributed by atoms with Gasteiger partial charge in [0.25, 0.3) is 11.8 Å². The lowest BCUT2D eigenvalue weighted by molar-refractivity contribution is -0.129. The number of cyclic esters (lactones) is 1. The van der Waals surface area contributed by atoms with Gasteiger partial charge in [0.05, 0.1) is 12.6 Å². The Bertz CT molecular complexity index is 622. The van der Waals surface area contributed by atoms with Gasteiger partial charge >= 0.3 is 6.09 Å². The summed E-state index contributed by atoms with van der Waals surface area (Å²) in [6.45, 7) is 1.37. The van der Waals surface area contributed by atoms with Crippen molar-refractivity contribution in [2.45, 2.75) is 6.04 Å². The fraction of sp³-hybridized carbons (Fsp3) is 0.438. The zero-order valence-electron chi connectivity index (χ0n) is 13.3. The van der Waals surface area contributed by atoms with Gasteiger partial charge in [-0.2, -0.15) is 0 Å². The molecule has 8 heteroatoms. The normalized spacial score (nSPS) is 17.7. The molecule has 0 aliphatic carbocycles. The van der Waals surface area contributed by atoms with Crippen LogP contribution in [0.2, 0.25) is 0 Å². The minimum absolute atomic E-state index is 0.144. The first-order chi connectivity index (χ1) is 11.6. The quantitative estimate of drug-likeness (QED) is 0.705. The standard InChI is InChI=1S/C16H18N2O6/c1-22-6-7-23-13-4-2-11(3-5-13)15(20)17-8-12(9-17)18-14(19)10-24-16(18)21/h2-5,12H,6-10H2,1H3. The predicted molar refractivity (Wildman–Crippen MR) is 81.7 cm³/mol. The number of ether oxygens (including phenoxy) is 3. The van der Waals surface area contributed by atoms with Crippen LogP contribution >= 0.6 is 0 Å². The van der Waals surface area contributed by atoms with Crippen molar-refractivity contribution >= 4 is 17.9 Å². The van der Waals surface area contributed by atoms with Gasteiger partial charge in [-0.1, -0.05) is 0 Å². The van der Waals surface area contributed by atoms with E-state index in [-0.39, 0.29) is 24.5 Å². The van der Waals surface area contributed by atoms with Crippen LogP contribution in [0.5, 0.6) is 5.75 Å². The van der Waals surface area contributed by atoms with Gasteiger partial charge in [0.1, 0.15) is 12.4 Å². The van der Waals surface area contributed by atoms with E-state index in [1.54, 1.807) is 36.3 Å². The molecule has 24 heavy (non-hydrogen) atoms. The van der Waals surface area contributed by atoms with Crippen LogP contribution in [0.1, 0.15) is 10.4 Å². The van der Waals surface area contributed by atoms with Gasteiger partial charge in [0.2, 0.25) is 0 Å². The second kappa shape index (κ2) is 6.88. The third-order valence-corrected chi connectivity index (χ3v) is 3.96. The predicted octanol–water partition coefficient (Wildman–Crippen LogP) is 0.515. The summed E-state index contributed by atoms with van der Waals surface area (Å²) in [5.74, 6) is 0.167. The summed E-state index contributed by atoms with van der Waals surface area (Å²) in [6.07, 6.45) is -0.630. The van der Waals surface area contributed by atoms with Crippen molar-refractivity contribution in [2.75, 3.05) is 40.0 Å². The first kappa shape index (κ1) is 16.3. The Morgan fingerprint density at radius 2 is 1.92 bits per heavy atom. The van der Waals surface area contributed by atoms with Crippen molar-refractivity contribution in [2.24, 2.45) is 0 Å². The fourth-order valence-electron chi connectivity index (χ4n) is 2.62. The van der Waals surface area contributed by atoms with Gasteiger partial charge in [-0.15, -0.1) is 0 Å². The molecular weight excluding hydrogens is 316 g/mol. The van der Waals surface area contributed by atoms with E-state index in [1.807, 2.05) is 0 Å². The maximum Gasteiger partial charge on any atom is 0.417 e. The summed E-state index contributed by atoms with van der Waals surface area (Å²) >= 11 is 0. The Hall–Kier alpha value is -2.61. The zero-order valence-corrected chi connectivity index (χ0v) is 13.3. The van der Waals surface area contributed by atoms with Crippen LogP contribution in [0.25, 0.3) is 0 Å². The molecule has 1 aromatic carbocycles. The molecule has 2 fully saturated rings. The second-order valence-corrected chi connectivity index (χ2v) is 5.55. The summed E-state index contributed by atoms with van der Waals surface area (Å²) in [4.78, 5) is 38.1. The largest absolute Gasteiger partial charge is 0.491 e. The molecule has 2 aliphatic rings. The molecule has 1 aromatic rings. The molecular formula is C16H18N2O6. The maximum absolute atomic E-state index is 12.4. The minimum atomic E-state index is -0.630. The van der Waals surface area contributed by atoms with E-state index in [0.717, 1.165) is 4.90 Å². The molecule has 0 saturated carbocycles. The van der Waals surface area contributed by atoms with Crippen LogP contribution in [-0.2, 0) is 14.3 Å². The monoisotopic (exact) mass is 334 g/mol. The summed E-state index contributed by atoms with van der Waals surface area (Å²) < 4.78 is 15.0. The number of hydrogen-bond donors (Lipinski definition) is 0. The summed E-state index contributed by atoms with van der Waals surface area (Å²) in [6, 6.07) is 6.52. The Morgan fingerprint density at radius 3 is 2.50 bits per heavy atom. The van der Waals surface area contributed by atoms with Crippen molar-refractivity contribution in [1.82, 2.24) is 9.80 Å². The molecule has 0 aromatic heterocycles. The number of methoxy groups -OCH3 is 1. The average molecular weight is 334 g/mol. The molecule has 0 radical (unpaired) electrons. The van der Waals surface area contributed by atoms with Crippen molar-refractivity contribution in [1.29, 1.82) is 0 Å². The van der Waals surface area contributed by atoms with E-state index in [1.165, 1.54) is 0 Å². The van der Waals surface area contributed by atoms with Crippen LogP contribution in [0, 0.1) is 0 Å². The van der Waals surface area contributed by atoms with E-state index >= 15 is 0 Å². The second-order valence-electron chi connectivity index (χ2n) is 5.55. The third kappa shape index (κ3) is 3.18. The Balaban J connectivity index is 1.53. The van der Waals surface area contributed by atoms with Gasteiger partial charge in [-0.25, -0.2) is 9.69 Å². The van der Waals surface area contributed by atoms with E-state index in [9.17, 15) is 14.4 Å². The van der Waals surface area contributed by atoms with E-state index in [0.29, 0.717) is 37.6 Å². The molecule has 0 unspecified atom stereocenters. The molecule has 0 N–H and O–H groups in total. The van der Waals surface area contributed by atoms with Gasteiger partial charge in [0.15, 0.2) is 6.61 Å². The average Bonchev–Trinajstić information content (AvgIpc) is 2.87. The molecule has 2 heterocycles. The van der Waals surface area contributed by atoms with Crippen LogP contribution in [0.15, 0.2) is 24.3 Å². The van der Waals surface area contributed by atoms with Crippen LogP contribution in [0.4, 0.5) is 4.79 Å². The van der Waals surface area contributed by atoms with Crippen molar-refractivity contribution in [3.63, 3.8) is 0 Å². The highest BCUT2D eigenvalue weighted by molar-refractivity contribution is 5.99. The molecule has 0 bridgehead atoms. The highest BCUT2D eigenvalue weighted by Gasteiger charge is 2.44. The molecule has 3 rings (SSSR count). The van der Waals surface area contributed by atoms with Crippen molar-refractivity contribution < 1.29 is 28.6 Å². The van der Waals surface area contributed by atoms with E-state index in [4.69, 9.17) is 9.47 Å². The summed E-state index contributed by atoms with van der Waals surface area (Å²) in [5, 5.41) is 0. The number of amides is 3. The minimum Gasteiger partial charge on any atom is -0.491 e. The van der Waals surface area contributed by atoms with Gasteiger partial charge in [0, 0.05) is 25.8 Å². The van der Waals surface area contributed by atoms with Crippen LogP contribution in [-0.4, -0.2) is 73.8 Å². The number of hydrogen-bond acceptors (Lipinski definition) is 6. The summed E-state index contributed by atoms with van der Waals surface area (Å²) in [5.41, 5.74) is 0.530. The molecule has 128 valence electrons. The van der Waals surface area contributed by atoms with Gasteiger partial charge < -0.3 is 19.1 Å². The fourth-order valence-corrected chi connectivity index (χ4v) is 2.62. The molecule has 2 saturated heterocycles. The Morgan fingerprint density at radius 1 is 1.21 bits per heavy atom. The van der Waals surface area contributed by atoms with Gasteiger partial charge in [-0.05, 0) is 24.3 Å². The topological polar surface area (TPSA) is 85.4 Å². The maximum atomic E-state index is 12.4. The number of likely N-dealkylation sites (tertiary alicyclic amines) is 1. The molecule has 3 amide bonds. The van der Waals surface area contributed by atoms with Crippen molar-refractivity contribution in [3.05, 3.63) is 29.8 Å². The van der Waals surface area contributed by atoms with Crippen LogP contribution < -0.4 is 4.74 Å². The molecule has 0 atom stereocenters. The lowest BCUT2D eigenvalue weighted by Crippen LogP contribution is -2.62. The molecule has 2 aliphatic heterocycles. The number of rotatable bonds is 6. The number of imide groups is 1. The third-order valence-electron chi connectivity index (χ3n) is 3.96. The van der Waals surface area contributed by atoms with E-state index < -0.39 is 6.09 Å². The van der Waals surface area contributed by atoms with Gasteiger partial charge in [-0.3, -0.25) is 9.59 Å². The SMILES string of the molecule is COCCOc1ccc(C(=O)N2CC(N3C(=O)COC3=O)C2)cc1. The molecule has 0 spiro atoms. The number of nitrogens with zero attached hydrogens (tertiary/aromatic N) is 2. The zero-order chi connectivity index (χ0) is 17.1. The smallest absolute Gasteiger partial charge is 0.417 e. The Kier molecular flexibility index (Phi) is 4.66. The lowest BCUT2D eigenvalue weighted by atomic mass is 10.1.